The Morgan fingerprint density at radius 1 is 1.13 bits per heavy atom. The summed E-state index contributed by atoms with van der Waals surface area (Å²) in [4.78, 5) is 9.76. The maximum atomic E-state index is 5.53. The molecule has 2 heterocycles. The number of hydrogen-bond acceptors (Lipinski definition) is 6. The monoisotopic (exact) mass is 470 g/mol. The molecule has 0 amide bonds. The topological polar surface area (TPSA) is 68.3 Å². The number of methoxy groups -OCH3 is 2. The molecule has 6 nitrogen and oxygen atoms in total. The molecule has 4 rings (SSSR count). The zero-order chi connectivity index (χ0) is 21.1. The molecule has 2 atom stereocenters. The second-order valence-electron chi connectivity index (χ2n) is 7.49. The Labute approximate surface area is 185 Å². The fraction of sp³-hybridized carbons (Fsp3) is 0.391. The predicted octanol–water partition coefficient (Wildman–Crippen LogP) is 5.02. The van der Waals surface area contributed by atoms with Crippen molar-refractivity contribution in [3.05, 3.63) is 40.9 Å². The molecule has 2 N–H and O–H groups in total. The van der Waals surface area contributed by atoms with Crippen molar-refractivity contribution in [1.29, 1.82) is 0 Å². The van der Waals surface area contributed by atoms with Gasteiger partial charge in [-0.15, -0.1) is 0 Å². The number of ether oxygens (including phenoxy) is 2. The quantitative estimate of drug-likeness (QED) is 0.505. The molecule has 3 aromatic rings. The van der Waals surface area contributed by atoms with E-state index in [0.717, 1.165) is 39.7 Å². The molecule has 2 unspecified atom stereocenters. The van der Waals surface area contributed by atoms with Crippen LogP contribution in [0.3, 0.4) is 0 Å². The Morgan fingerprint density at radius 3 is 2.50 bits per heavy atom. The van der Waals surface area contributed by atoms with Crippen LogP contribution in [0, 0.1) is 0 Å². The van der Waals surface area contributed by atoms with Crippen LogP contribution >= 0.6 is 15.9 Å². The number of anilines is 1. The predicted molar refractivity (Wildman–Crippen MR) is 125 cm³/mol. The summed E-state index contributed by atoms with van der Waals surface area (Å²) in [5, 5.41) is 8.24. The first kappa shape index (κ1) is 20.9. The highest BCUT2D eigenvalue weighted by Crippen LogP contribution is 2.36. The summed E-state index contributed by atoms with van der Waals surface area (Å²) in [5.41, 5.74) is 1.78. The number of hydrogen-bond donors (Lipinski definition) is 2. The minimum Gasteiger partial charge on any atom is -0.493 e. The zero-order valence-corrected chi connectivity index (χ0v) is 19.1. The standard InChI is InChI=1S/C23H27BrN4O2/c1-4-17(18-6-5-11-25-18)26-23-16-12-20(29-2)21(30-3)13-19(16)27-22(28-23)14-7-9-15(24)10-8-14/h7-10,12-13,17-18,25H,4-6,11H2,1-3H3,(H,26,27,28). The molecule has 1 aliphatic rings. The summed E-state index contributed by atoms with van der Waals surface area (Å²) in [6, 6.07) is 12.6. The number of aromatic nitrogens is 2. The normalized spacial score (nSPS) is 17.1. The summed E-state index contributed by atoms with van der Waals surface area (Å²) in [5.74, 6) is 2.82. The van der Waals surface area contributed by atoms with Crippen molar-refractivity contribution in [2.45, 2.75) is 38.3 Å². The summed E-state index contributed by atoms with van der Waals surface area (Å²) in [6.07, 6.45) is 3.39. The molecule has 1 fully saturated rings. The van der Waals surface area contributed by atoms with Crippen LogP contribution in [0.1, 0.15) is 26.2 Å². The molecule has 0 spiro atoms. The lowest BCUT2D eigenvalue weighted by Crippen LogP contribution is -2.40. The minimum atomic E-state index is 0.288. The minimum absolute atomic E-state index is 0.288. The van der Waals surface area contributed by atoms with Gasteiger partial charge in [0.25, 0.3) is 0 Å². The van der Waals surface area contributed by atoms with Crippen LogP contribution in [-0.2, 0) is 0 Å². The Kier molecular flexibility index (Phi) is 6.39. The average Bonchev–Trinajstić information content (AvgIpc) is 3.31. The van der Waals surface area contributed by atoms with Crippen LogP contribution in [0.2, 0.25) is 0 Å². The highest BCUT2D eigenvalue weighted by Gasteiger charge is 2.25. The second-order valence-corrected chi connectivity index (χ2v) is 8.40. The SMILES string of the molecule is CCC(Nc1nc(-c2ccc(Br)cc2)nc2cc(OC)c(OC)cc12)C1CCCN1. The van der Waals surface area contributed by atoms with Gasteiger partial charge in [0.1, 0.15) is 5.82 Å². The smallest absolute Gasteiger partial charge is 0.162 e. The fourth-order valence-corrected chi connectivity index (χ4v) is 4.28. The molecule has 2 aromatic carbocycles. The summed E-state index contributed by atoms with van der Waals surface area (Å²) in [6.45, 7) is 3.28. The van der Waals surface area contributed by atoms with Crippen molar-refractivity contribution in [3.63, 3.8) is 0 Å². The van der Waals surface area contributed by atoms with E-state index >= 15 is 0 Å². The number of halogens is 1. The maximum absolute atomic E-state index is 5.53. The van der Waals surface area contributed by atoms with Crippen LogP contribution in [0.25, 0.3) is 22.3 Å². The van der Waals surface area contributed by atoms with Crippen LogP contribution in [0.15, 0.2) is 40.9 Å². The highest BCUT2D eigenvalue weighted by atomic mass is 79.9. The molecule has 0 radical (unpaired) electrons. The summed E-state index contributed by atoms with van der Waals surface area (Å²) < 4.78 is 12.1. The third kappa shape index (κ3) is 4.23. The maximum Gasteiger partial charge on any atom is 0.162 e. The highest BCUT2D eigenvalue weighted by molar-refractivity contribution is 9.10. The molecule has 158 valence electrons. The molecule has 0 bridgehead atoms. The summed E-state index contributed by atoms with van der Waals surface area (Å²) in [7, 11) is 3.28. The van der Waals surface area contributed by atoms with Crippen LogP contribution in [0.5, 0.6) is 11.5 Å². The van der Waals surface area contributed by atoms with Crippen LogP contribution in [-0.4, -0.2) is 42.8 Å². The zero-order valence-electron chi connectivity index (χ0n) is 17.5. The van der Waals surface area contributed by atoms with Crippen molar-refractivity contribution in [2.75, 3.05) is 26.1 Å². The Bertz CT molecular complexity index is 1020. The van der Waals surface area contributed by atoms with Gasteiger partial charge in [0, 0.05) is 33.6 Å². The van der Waals surface area contributed by atoms with Crippen molar-refractivity contribution in [2.24, 2.45) is 0 Å². The third-order valence-corrected chi connectivity index (χ3v) is 6.18. The number of fused-ring (bicyclic) bond motifs is 1. The second kappa shape index (κ2) is 9.18. The van der Waals surface area contributed by atoms with E-state index in [4.69, 9.17) is 19.4 Å². The first-order valence-corrected chi connectivity index (χ1v) is 11.1. The number of benzene rings is 2. The van der Waals surface area contributed by atoms with Crippen molar-refractivity contribution in [3.8, 4) is 22.9 Å². The molecule has 0 aliphatic carbocycles. The molecule has 7 heteroatoms. The van der Waals surface area contributed by atoms with Gasteiger partial charge in [-0.1, -0.05) is 35.0 Å². The van der Waals surface area contributed by atoms with Crippen LogP contribution in [0.4, 0.5) is 5.82 Å². The fourth-order valence-electron chi connectivity index (χ4n) is 4.01. The molecule has 1 aliphatic heterocycles. The third-order valence-electron chi connectivity index (χ3n) is 5.65. The Hall–Kier alpha value is -2.38. The lowest BCUT2D eigenvalue weighted by molar-refractivity contribution is 0.356. The van der Waals surface area contributed by atoms with Gasteiger partial charge in [0.2, 0.25) is 0 Å². The van der Waals surface area contributed by atoms with E-state index in [1.54, 1.807) is 14.2 Å². The van der Waals surface area contributed by atoms with E-state index in [0.29, 0.717) is 23.4 Å². The van der Waals surface area contributed by atoms with E-state index in [-0.39, 0.29) is 6.04 Å². The van der Waals surface area contributed by atoms with Gasteiger partial charge < -0.3 is 20.1 Å². The molecule has 1 saturated heterocycles. The van der Waals surface area contributed by atoms with Crippen molar-refractivity contribution in [1.82, 2.24) is 15.3 Å². The molecular weight excluding hydrogens is 444 g/mol. The van der Waals surface area contributed by atoms with Gasteiger partial charge in [0.05, 0.1) is 19.7 Å². The Morgan fingerprint density at radius 2 is 1.87 bits per heavy atom. The first-order valence-electron chi connectivity index (χ1n) is 10.3. The van der Waals surface area contributed by atoms with Crippen molar-refractivity contribution < 1.29 is 9.47 Å². The van der Waals surface area contributed by atoms with Gasteiger partial charge >= 0.3 is 0 Å². The van der Waals surface area contributed by atoms with E-state index in [2.05, 4.69) is 33.5 Å². The lowest BCUT2D eigenvalue weighted by atomic mass is 10.0. The molecular formula is C23H27BrN4O2. The van der Waals surface area contributed by atoms with E-state index in [1.165, 1.54) is 12.8 Å². The van der Waals surface area contributed by atoms with Crippen LogP contribution < -0.4 is 20.1 Å². The largest absolute Gasteiger partial charge is 0.493 e. The number of nitrogens with zero attached hydrogens (tertiary/aromatic N) is 2. The van der Waals surface area contributed by atoms with E-state index in [1.807, 2.05) is 36.4 Å². The first-order chi connectivity index (χ1) is 14.6. The number of nitrogens with one attached hydrogen (secondary N) is 2. The number of rotatable bonds is 7. The van der Waals surface area contributed by atoms with Gasteiger partial charge in [-0.25, -0.2) is 9.97 Å². The van der Waals surface area contributed by atoms with E-state index in [9.17, 15) is 0 Å². The van der Waals surface area contributed by atoms with Gasteiger partial charge in [-0.2, -0.15) is 0 Å². The van der Waals surface area contributed by atoms with Crippen molar-refractivity contribution >= 4 is 32.7 Å². The summed E-state index contributed by atoms with van der Waals surface area (Å²) >= 11 is 3.50. The Balaban J connectivity index is 1.84. The molecule has 0 saturated carbocycles. The average molecular weight is 471 g/mol. The van der Waals surface area contributed by atoms with Gasteiger partial charge in [0.15, 0.2) is 17.3 Å². The van der Waals surface area contributed by atoms with Gasteiger partial charge in [-0.3, -0.25) is 0 Å². The molecule has 1 aromatic heterocycles. The molecule has 30 heavy (non-hydrogen) atoms. The van der Waals surface area contributed by atoms with E-state index < -0.39 is 0 Å². The lowest BCUT2D eigenvalue weighted by Gasteiger charge is -2.25. The van der Waals surface area contributed by atoms with Gasteiger partial charge in [-0.05, 0) is 44.0 Å².